The van der Waals surface area contributed by atoms with Crippen LogP contribution in [-0.2, 0) is 0 Å². The van der Waals surface area contributed by atoms with Crippen LogP contribution < -0.4 is 0 Å². The molecule has 5 rings (SSSR count). The lowest BCUT2D eigenvalue weighted by Crippen LogP contribution is -2.04. The maximum atomic E-state index is 4.84. The Hall–Kier alpha value is -3.08. The third-order valence-corrected chi connectivity index (χ3v) is 4.60. The molecule has 1 fully saturated rings. The number of rotatable bonds is 3. The first kappa shape index (κ1) is 14.3. The summed E-state index contributed by atoms with van der Waals surface area (Å²) in [5.74, 6) is 3.03. The number of para-hydroxylation sites is 1. The SMILES string of the molecule is Cc1cccnc1-n1nc(C2CC2)nc1-c1cnc2ccccc2c1. The van der Waals surface area contributed by atoms with Gasteiger partial charge in [0.05, 0.1) is 5.52 Å². The molecular weight excluding hydrogens is 310 g/mol. The Labute approximate surface area is 145 Å². The monoisotopic (exact) mass is 327 g/mol. The Morgan fingerprint density at radius 3 is 2.76 bits per heavy atom. The van der Waals surface area contributed by atoms with E-state index in [-0.39, 0.29) is 0 Å². The van der Waals surface area contributed by atoms with E-state index in [0.717, 1.165) is 39.5 Å². The Kier molecular flexibility index (Phi) is 3.13. The minimum Gasteiger partial charge on any atom is -0.255 e. The van der Waals surface area contributed by atoms with Crippen LogP contribution in [0.1, 0.15) is 30.1 Å². The van der Waals surface area contributed by atoms with E-state index in [4.69, 9.17) is 10.1 Å². The van der Waals surface area contributed by atoms with Gasteiger partial charge in [-0.3, -0.25) is 4.98 Å². The molecule has 0 atom stereocenters. The normalized spacial score (nSPS) is 14.1. The number of fused-ring (bicyclic) bond motifs is 1. The molecule has 1 aromatic carbocycles. The minimum atomic E-state index is 0.484. The molecule has 1 saturated carbocycles. The Morgan fingerprint density at radius 1 is 1.04 bits per heavy atom. The molecule has 0 saturated heterocycles. The zero-order valence-corrected chi connectivity index (χ0v) is 13.9. The molecule has 25 heavy (non-hydrogen) atoms. The van der Waals surface area contributed by atoms with Gasteiger partial charge in [0.25, 0.3) is 0 Å². The van der Waals surface area contributed by atoms with Crippen molar-refractivity contribution in [3.8, 4) is 17.2 Å². The lowest BCUT2D eigenvalue weighted by Gasteiger charge is -2.08. The van der Waals surface area contributed by atoms with E-state index in [2.05, 4.69) is 22.1 Å². The van der Waals surface area contributed by atoms with Crippen molar-refractivity contribution in [1.82, 2.24) is 24.7 Å². The second-order valence-corrected chi connectivity index (χ2v) is 6.54. The third-order valence-electron chi connectivity index (χ3n) is 4.60. The molecule has 1 aliphatic rings. The van der Waals surface area contributed by atoms with Gasteiger partial charge in [-0.05, 0) is 43.5 Å². The standard InChI is InChI=1S/C20H17N5/c1-13-5-4-10-21-19(13)25-20(23-18(24-25)14-8-9-14)16-11-15-6-2-3-7-17(15)22-12-16/h2-7,10-12,14H,8-9H2,1H3. The summed E-state index contributed by atoms with van der Waals surface area (Å²) in [5.41, 5.74) is 3.02. The number of benzene rings is 1. The highest BCUT2D eigenvalue weighted by Crippen LogP contribution is 2.39. The number of nitrogens with zero attached hydrogens (tertiary/aromatic N) is 5. The third kappa shape index (κ3) is 2.48. The molecule has 5 nitrogen and oxygen atoms in total. The van der Waals surface area contributed by atoms with Crippen molar-refractivity contribution in [3.05, 3.63) is 66.2 Å². The molecule has 0 radical (unpaired) electrons. The van der Waals surface area contributed by atoms with Gasteiger partial charge in [0.1, 0.15) is 0 Å². The summed E-state index contributed by atoms with van der Waals surface area (Å²) in [6.07, 6.45) is 6.00. The fourth-order valence-corrected chi connectivity index (χ4v) is 3.07. The van der Waals surface area contributed by atoms with Gasteiger partial charge in [-0.2, -0.15) is 4.68 Å². The van der Waals surface area contributed by atoms with Crippen molar-refractivity contribution in [1.29, 1.82) is 0 Å². The van der Waals surface area contributed by atoms with Crippen LogP contribution in [0.25, 0.3) is 28.1 Å². The first-order chi connectivity index (χ1) is 12.3. The van der Waals surface area contributed by atoms with Crippen molar-refractivity contribution in [2.45, 2.75) is 25.7 Å². The second kappa shape index (κ2) is 5.48. The summed E-state index contributed by atoms with van der Waals surface area (Å²) < 4.78 is 1.87. The Balaban J connectivity index is 1.72. The van der Waals surface area contributed by atoms with Crippen molar-refractivity contribution in [2.24, 2.45) is 0 Å². The van der Waals surface area contributed by atoms with Gasteiger partial charge >= 0.3 is 0 Å². The smallest absolute Gasteiger partial charge is 0.166 e. The summed E-state index contributed by atoms with van der Waals surface area (Å²) in [6.45, 7) is 2.04. The topological polar surface area (TPSA) is 56.5 Å². The molecule has 0 unspecified atom stereocenters. The molecule has 4 aromatic rings. The van der Waals surface area contributed by atoms with Crippen molar-refractivity contribution in [2.75, 3.05) is 0 Å². The first-order valence-electron chi connectivity index (χ1n) is 8.54. The number of aryl methyl sites for hydroxylation is 1. The van der Waals surface area contributed by atoms with E-state index in [1.54, 1.807) is 6.20 Å². The quantitative estimate of drug-likeness (QED) is 0.569. The zero-order chi connectivity index (χ0) is 16.8. The van der Waals surface area contributed by atoms with Gasteiger partial charge in [0.15, 0.2) is 17.5 Å². The maximum Gasteiger partial charge on any atom is 0.166 e. The molecule has 5 heteroatoms. The van der Waals surface area contributed by atoms with Gasteiger partial charge in [-0.25, -0.2) is 9.97 Å². The molecule has 0 bridgehead atoms. The highest BCUT2D eigenvalue weighted by atomic mass is 15.4. The Morgan fingerprint density at radius 2 is 1.92 bits per heavy atom. The summed E-state index contributed by atoms with van der Waals surface area (Å²) in [4.78, 5) is 14.0. The number of hydrogen-bond acceptors (Lipinski definition) is 4. The molecular formula is C20H17N5. The molecule has 0 aliphatic heterocycles. The summed E-state index contributed by atoms with van der Waals surface area (Å²) >= 11 is 0. The van der Waals surface area contributed by atoms with Crippen LogP contribution in [0.4, 0.5) is 0 Å². The fraction of sp³-hybridized carbons (Fsp3) is 0.200. The van der Waals surface area contributed by atoms with Crippen LogP contribution in [0.15, 0.2) is 54.9 Å². The highest BCUT2D eigenvalue weighted by Gasteiger charge is 2.30. The van der Waals surface area contributed by atoms with E-state index in [1.807, 2.05) is 48.1 Å². The minimum absolute atomic E-state index is 0.484. The molecule has 3 heterocycles. The van der Waals surface area contributed by atoms with E-state index < -0.39 is 0 Å². The van der Waals surface area contributed by atoms with E-state index in [1.165, 1.54) is 12.8 Å². The average molecular weight is 327 g/mol. The van der Waals surface area contributed by atoms with Crippen LogP contribution in [0.5, 0.6) is 0 Å². The first-order valence-corrected chi connectivity index (χ1v) is 8.54. The molecule has 3 aromatic heterocycles. The largest absolute Gasteiger partial charge is 0.255 e. The van der Waals surface area contributed by atoms with Crippen LogP contribution >= 0.6 is 0 Å². The van der Waals surface area contributed by atoms with Crippen molar-refractivity contribution < 1.29 is 0 Å². The molecule has 1 aliphatic carbocycles. The molecule has 0 N–H and O–H groups in total. The number of pyridine rings is 2. The fourth-order valence-electron chi connectivity index (χ4n) is 3.07. The number of hydrogen-bond donors (Lipinski definition) is 0. The van der Waals surface area contributed by atoms with Gasteiger partial charge < -0.3 is 0 Å². The molecule has 0 amide bonds. The summed E-state index contributed by atoms with van der Waals surface area (Å²) in [6, 6.07) is 14.2. The molecule has 122 valence electrons. The zero-order valence-electron chi connectivity index (χ0n) is 13.9. The van der Waals surface area contributed by atoms with Gasteiger partial charge in [0, 0.05) is 29.3 Å². The van der Waals surface area contributed by atoms with Crippen LogP contribution in [0, 0.1) is 6.92 Å². The van der Waals surface area contributed by atoms with Gasteiger partial charge in [-0.15, -0.1) is 5.10 Å². The molecule has 0 spiro atoms. The van der Waals surface area contributed by atoms with Gasteiger partial charge in [-0.1, -0.05) is 24.3 Å². The lowest BCUT2D eigenvalue weighted by molar-refractivity contribution is 0.810. The second-order valence-electron chi connectivity index (χ2n) is 6.54. The lowest BCUT2D eigenvalue weighted by atomic mass is 10.1. The van der Waals surface area contributed by atoms with Crippen LogP contribution in [0.2, 0.25) is 0 Å². The number of aromatic nitrogens is 5. The Bertz CT molecular complexity index is 1080. The predicted octanol–water partition coefficient (Wildman–Crippen LogP) is 4.06. The predicted molar refractivity (Wildman–Crippen MR) is 96.6 cm³/mol. The van der Waals surface area contributed by atoms with Crippen LogP contribution in [-0.4, -0.2) is 24.7 Å². The van der Waals surface area contributed by atoms with Gasteiger partial charge in [0.2, 0.25) is 0 Å². The van der Waals surface area contributed by atoms with E-state index >= 15 is 0 Å². The van der Waals surface area contributed by atoms with E-state index in [0.29, 0.717) is 5.92 Å². The highest BCUT2D eigenvalue weighted by molar-refractivity contribution is 5.82. The van der Waals surface area contributed by atoms with Crippen molar-refractivity contribution in [3.63, 3.8) is 0 Å². The average Bonchev–Trinajstić information content (AvgIpc) is 3.41. The summed E-state index contributed by atoms with van der Waals surface area (Å²) in [7, 11) is 0. The van der Waals surface area contributed by atoms with Crippen molar-refractivity contribution >= 4 is 10.9 Å². The maximum absolute atomic E-state index is 4.84. The van der Waals surface area contributed by atoms with E-state index in [9.17, 15) is 0 Å². The van der Waals surface area contributed by atoms with Crippen LogP contribution in [0.3, 0.4) is 0 Å². The summed E-state index contributed by atoms with van der Waals surface area (Å²) in [5, 5.41) is 5.87.